The van der Waals surface area contributed by atoms with Crippen LogP contribution in [-0.2, 0) is 5.54 Å². The van der Waals surface area contributed by atoms with Gasteiger partial charge in [-0.1, -0.05) is 63.2 Å². The first kappa shape index (κ1) is 17.6. The second-order valence-electron chi connectivity index (χ2n) is 9.67. The Morgan fingerprint density at radius 3 is 2.19 bits per heavy atom. The third kappa shape index (κ3) is 2.28. The van der Waals surface area contributed by atoms with E-state index in [0.29, 0.717) is 18.2 Å². The van der Waals surface area contributed by atoms with Crippen LogP contribution < -0.4 is 4.90 Å². The topological polar surface area (TPSA) is 6.48 Å². The summed E-state index contributed by atoms with van der Waals surface area (Å²) in [6.45, 7) is 16.6. The normalized spacial score (nSPS) is 27.5. The Bertz CT molecular complexity index is 830. The second kappa shape index (κ2) is 5.60. The number of rotatable bonds is 1. The summed E-state index contributed by atoms with van der Waals surface area (Å²) >= 11 is 0. The van der Waals surface area contributed by atoms with Gasteiger partial charge in [0, 0.05) is 17.3 Å². The van der Waals surface area contributed by atoms with Crippen molar-refractivity contribution in [1.82, 2.24) is 4.90 Å². The molecule has 3 atom stereocenters. The predicted octanol–water partition coefficient (Wildman–Crippen LogP) is 5.87. The van der Waals surface area contributed by atoms with Crippen molar-refractivity contribution in [3.63, 3.8) is 0 Å². The van der Waals surface area contributed by atoms with E-state index in [9.17, 15) is 0 Å². The average Bonchev–Trinajstić information content (AvgIpc) is 3.00. The minimum absolute atomic E-state index is 0.0326. The molecule has 26 heavy (non-hydrogen) atoms. The molecule has 2 unspecified atom stereocenters. The molecule has 0 bridgehead atoms. The lowest BCUT2D eigenvalue weighted by Gasteiger charge is -2.46. The van der Waals surface area contributed by atoms with E-state index >= 15 is 0 Å². The summed E-state index contributed by atoms with van der Waals surface area (Å²) in [6, 6.07) is 18.8. The number of aryl methyl sites for hydroxylation is 1. The van der Waals surface area contributed by atoms with Crippen LogP contribution in [0.2, 0.25) is 0 Å². The zero-order valence-electron chi connectivity index (χ0n) is 17.2. The predicted molar refractivity (Wildman–Crippen MR) is 110 cm³/mol. The van der Waals surface area contributed by atoms with E-state index in [1.807, 2.05) is 0 Å². The van der Waals surface area contributed by atoms with Gasteiger partial charge in [-0.25, -0.2) is 0 Å². The maximum absolute atomic E-state index is 2.79. The maximum Gasteiger partial charge on any atom is 0.0886 e. The molecule has 2 heteroatoms. The summed E-state index contributed by atoms with van der Waals surface area (Å²) in [5.74, 6) is 0. The van der Waals surface area contributed by atoms with Crippen molar-refractivity contribution in [2.24, 2.45) is 5.41 Å². The fourth-order valence-corrected chi connectivity index (χ4v) is 5.45. The van der Waals surface area contributed by atoms with E-state index in [2.05, 4.69) is 107 Å². The average molecular weight is 349 g/mol. The van der Waals surface area contributed by atoms with E-state index in [1.54, 1.807) is 0 Å². The maximum atomic E-state index is 2.79. The zero-order valence-corrected chi connectivity index (χ0v) is 17.2. The van der Waals surface area contributed by atoms with Gasteiger partial charge in [-0.15, -0.1) is 0 Å². The minimum atomic E-state index is 0.0326. The Balaban J connectivity index is 1.94. The molecule has 1 saturated heterocycles. The number of nitrogens with zero attached hydrogens (tertiary/aromatic N) is 2. The van der Waals surface area contributed by atoms with Crippen molar-refractivity contribution < 1.29 is 0 Å². The monoisotopic (exact) mass is 348 g/mol. The van der Waals surface area contributed by atoms with Crippen LogP contribution in [0.5, 0.6) is 0 Å². The minimum Gasteiger partial charge on any atom is -0.350 e. The number of anilines is 1. The molecule has 2 aromatic carbocycles. The van der Waals surface area contributed by atoms with Crippen molar-refractivity contribution in [2.45, 2.75) is 72.3 Å². The molecule has 0 radical (unpaired) electrons. The highest BCUT2D eigenvalue weighted by molar-refractivity contribution is 5.59. The van der Waals surface area contributed by atoms with Crippen LogP contribution in [0.3, 0.4) is 0 Å². The Morgan fingerprint density at radius 2 is 1.54 bits per heavy atom. The quantitative estimate of drug-likeness (QED) is 0.636. The van der Waals surface area contributed by atoms with E-state index in [0.717, 1.165) is 0 Å². The number of hydrogen-bond donors (Lipinski definition) is 0. The van der Waals surface area contributed by atoms with Gasteiger partial charge in [-0.05, 0) is 55.9 Å². The third-order valence-corrected chi connectivity index (χ3v) is 6.47. The van der Waals surface area contributed by atoms with Gasteiger partial charge in [0.1, 0.15) is 0 Å². The van der Waals surface area contributed by atoms with Gasteiger partial charge in [-0.2, -0.15) is 0 Å². The van der Waals surface area contributed by atoms with Crippen molar-refractivity contribution in [2.75, 3.05) is 4.90 Å². The fourth-order valence-electron chi connectivity index (χ4n) is 5.45. The molecule has 0 amide bonds. The molecule has 138 valence electrons. The molecule has 0 aromatic heterocycles. The summed E-state index contributed by atoms with van der Waals surface area (Å²) in [5, 5.41) is 0. The first-order valence-corrected chi connectivity index (χ1v) is 9.87. The molecule has 0 saturated carbocycles. The highest BCUT2D eigenvalue weighted by Crippen LogP contribution is 2.57. The van der Waals surface area contributed by atoms with Crippen LogP contribution in [0.1, 0.15) is 64.3 Å². The van der Waals surface area contributed by atoms with Gasteiger partial charge in [-0.3, -0.25) is 4.90 Å². The summed E-state index contributed by atoms with van der Waals surface area (Å²) in [4.78, 5) is 5.48. The van der Waals surface area contributed by atoms with Crippen molar-refractivity contribution in [3.8, 4) is 0 Å². The molecule has 0 aliphatic carbocycles. The molecule has 1 fully saturated rings. The van der Waals surface area contributed by atoms with Crippen LogP contribution in [-0.4, -0.2) is 17.1 Å². The zero-order chi connectivity index (χ0) is 18.9. The smallest absolute Gasteiger partial charge is 0.0886 e. The van der Waals surface area contributed by atoms with Crippen LogP contribution in [0.4, 0.5) is 5.69 Å². The lowest BCUT2D eigenvalue weighted by atomic mass is 9.86. The highest BCUT2D eigenvalue weighted by atomic mass is 15.5. The van der Waals surface area contributed by atoms with Gasteiger partial charge in [0.05, 0.1) is 12.2 Å². The van der Waals surface area contributed by atoms with Gasteiger partial charge < -0.3 is 4.90 Å². The van der Waals surface area contributed by atoms with Gasteiger partial charge in [0.2, 0.25) is 0 Å². The standard InChI is InChI=1S/C24H32N2/c1-16-12-8-11-15-20(16)25-17(2)21-18-13-9-10-14-19(18)24(6,7)26(21)22(25)23(3,4)5/h8-15,17,21-22H,1-7H3/t17-,21?,22?/m0/s1. The lowest BCUT2D eigenvalue weighted by Crippen LogP contribution is -2.53. The number of hydrogen-bond acceptors (Lipinski definition) is 2. The Hall–Kier alpha value is -1.80. The molecular formula is C24H32N2. The molecule has 2 heterocycles. The van der Waals surface area contributed by atoms with E-state index < -0.39 is 0 Å². The second-order valence-corrected chi connectivity index (χ2v) is 9.67. The van der Waals surface area contributed by atoms with Crippen molar-refractivity contribution in [1.29, 1.82) is 0 Å². The molecule has 2 aromatic rings. The van der Waals surface area contributed by atoms with Crippen LogP contribution >= 0.6 is 0 Å². The first-order valence-electron chi connectivity index (χ1n) is 9.87. The Labute approximate surface area is 158 Å². The van der Waals surface area contributed by atoms with Gasteiger partial charge in [0.15, 0.2) is 0 Å². The molecule has 2 aliphatic rings. The fraction of sp³-hybridized carbons (Fsp3) is 0.500. The van der Waals surface area contributed by atoms with Crippen LogP contribution in [0.15, 0.2) is 48.5 Å². The summed E-state index contributed by atoms with van der Waals surface area (Å²) in [7, 11) is 0. The van der Waals surface area contributed by atoms with Crippen LogP contribution in [0, 0.1) is 12.3 Å². The third-order valence-electron chi connectivity index (χ3n) is 6.47. The van der Waals surface area contributed by atoms with Crippen LogP contribution in [0.25, 0.3) is 0 Å². The van der Waals surface area contributed by atoms with E-state index in [1.165, 1.54) is 22.4 Å². The largest absolute Gasteiger partial charge is 0.350 e. The number of para-hydroxylation sites is 1. The summed E-state index contributed by atoms with van der Waals surface area (Å²) in [5.41, 5.74) is 5.92. The number of fused-ring (bicyclic) bond motifs is 3. The molecule has 0 N–H and O–H groups in total. The first-order chi connectivity index (χ1) is 12.2. The van der Waals surface area contributed by atoms with E-state index in [4.69, 9.17) is 0 Å². The van der Waals surface area contributed by atoms with Crippen molar-refractivity contribution >= 4 is 5.69 Å². The highest BCUT2D eigenvalue weighted by Gasteiger charge is 2.59. The summed E-state index contributed by atoms with van der Waals surface area (Å²) < 4.78 is 0. The Kier molecular flexibility index (Phi) is 3.79. The van der Waals surface area contributed by atoms with E-state index in [-0.39, 0.29) is 11.0 Å². The summed E-state index contributed by atoms with van der Waals surface area (Å²) in [6.07, 6.45) is 0.353. The molecular weight excluding hydrogens is 316 g/mol. The lowest BCUT2D eigenvalue weighted by molar-refractivity contribution is 0.0311. The molecule has 4 rings (SSSR count). The van der Waals surface area contributed by atoms with Gasteiger partial charge in [0.25, 0.3) is 0 Å². The van der Waals surface area contributed by atoms with Gasteiger partial charge >= 0.3 is 0 Å². The SMILES string of the molecule is Cc1ccccc1N1C(C(C)(C)C)N2C(c3ccccc3C2(C)C)[C@@H]1C. The number of benzene rings is 2. The Morgan fingerprint density at radius 1 is 0.923 bits per heavy atom. The molecule has 2 aliphatic heterocycles. The van der Waals surface area contributed by atoms with Crippen molar-refractivity contribution in [3.05, 3.63) is 65.2 Å². The molecule has 0 spiro atoms. The molecule has 2 nitrogen and oxygen atoms in total.